The molecule has 1 amide bonds. The zero-order valence-electron chi connectivity index (χ0n) is 17.9. The van der Waals surface area contributed by atoms with Crippen molar-refractivity contribution in [2.24, 2.45) is 5.10 Å². The first kappa shape index (κ1) is 22.5. The van der Waals surface area contributed by atoms with Gasteiger partial charge in [-0.05, 0) is 69.7 Å². The first-order chi connectivity index (χ1) is 14.9. The summed E-state index contributed by atoms with van der Waals surface area (Å²) in [6, 6.07) is 10.5. The van der Waals surface area contributed by atoms with Gasteiger partial charge >= 0.3 is 5.91 Å². The summed E-state index contributed by atoms with van der Waals surface area (Å²) in [4.78, 5) is 12.4. The molecule has 0 saturated heterocycles. The Bertz CT molecular complexity index is 1090. The molecule has 0 aliphatic heterocycles. The Morgan fingerprint density at radius 3 is 2.65 bits per heavy atom. The van der Waals surface area contributed by atoms with Gasteiger partial charge in [-0.15, -0.1) is 0 Å². The highest BCUT2D eigenvalue weighted by atomic mass is 35.5. The SMILES string of the molecule is CCOc1ccc2oc(C(=O)N/N=C/c3cc(Cl)c(OC(C)C)c(OCC)c3)cc2c1. The van der Waals surface area contributed by atoms with Crippen molar-refractivity contribution in [3.63, 3.8) is 0 Å². The maximum absolute atomic E-state index is 12.4. The van der Waals surface area contributed by atoms with Gasteiger partial charge in [0.2, 0.25) is 0 Å². The molecule has 164 valence electrons. The number of hydrazone groups is 1. The van der Waals surface area contributed by atoms with Crippen molar-refractivity contribution in [3.05, 3.63) is 52.7 Å². The van der Waals surface area contributed by atoms with Gasteiger partial charge in [-0.3, -0.25) is 4.79 Å². The van der Waals surface area contributed by atoms with Gasteiger partial charge in [0.25, 0.3) is 0 Å². The van der Waals surface area contributed by atoms with Crippen molar-refractivity contribution in [1.29, 1.82) is 0 Å². The summed E-state index contributed by atoms with van der Waals surface area (Å²) >= 11 is 6.35. The van der Waals surface area contributed by atoms with Crippen LogP contribution in [0, 0.1) is 0 Å². The van der Waals surface area contributed by atoms with Crippen LogP contribution in [0.2, 0.25) is 5.02 Å². The van der Waals surface area contributed by atoms with E-state index in [4.69, 9.17) is 30.2 Å². The molecule has 0 fully saturated rings. The molecular weight excluding hydrogens is 420 g/mol. The Kier molecular flexibility index (Phi) is 7.41. The standard InChI is InChI=1S/C23H25ClN2O5/c1-5-28-17-7-8-19-16(11-17)12-21(31-19)23(27)26-25-13-15-9-18(24)22(30-14(3)4)20(10-15)29-6-2/h7-14H,5-6H2,1-4H3,(H,26,27)/b25-13+. The lowest BCUT2D eigenvalue weighted by atomic mass is 10.2. The number of halogens is 1. The van der Waals surface area contributed by atoms with Crippen molar-refractivity contribution in [1.82, 2.24) is 5.43 Å². The summed E-state index contributed by atoms with van der Waals surface area (Å²) in [6.45, 7) is 8.62. The van der Waals surface area contributed by atoms with Crippen LogP contribution >= 0.6 is 11.6 Å². The fourth-order valence-electron chi connectivity index (χ4n) is 2.89. The molecular formula is C23H25ClN2O5. The molecule has 8 heteroatoms. The van der Waals surface area contributed by atoms with E-state index < -0.39 is 5.91 Å². The van der Waals surface area contributed by atoms with E-state index in [1.54, 1.807) is 30.3 Å². The lowest BCUT2D eigenvalue weighted by Crippen LogP contribution is -2.16. The average molecular weight is 445 g/mol. The Hall–Kier alpha value is -3.19. The summed E-state index contributed by atoms with van der Waals surface area (Å²) in [5, 5.41) is 5.17. The van der Waals surface area contributed by atoms with Gasteiger partial charge in [-0.2, -0.15) is 5.10 Å². The fourth-order valence-corrected chi connectivity index (χ4v) is 3.15. The maximum atomic E-state index is 12.4. The second kappa shape index (κ2) is 10.2. The van der Waals surface area contributed by atoms with Crippen LogP contribution in [0.1, 0.15) is 43.8 Å². The number of ether oxygens (including phenoxy) is 3. The van der Waals surface area contributed by atoms with Crippen molar-refractivity contribution in [2.45, 2.75) is 33.8 Å². The minimum absolute atomic E-state index is 0.0519. The Morgan fingerprint density at radius 2 is 1.94 bits per heavy atom. The molecule has 0 bridgehead atoms. The lowest BCUT2D eigenvalue weighted by molar-refractivity contribution is 0.0929. The molecule has 7 nitrogen and oxygen atoms in total. The predicted octanol–water partition coefficient (Wildman–Crippen LogP) is 5.43. The largest absolute Gasteiger partial charge is 0.494 e. The van der Waals surface area contributed by atoms with Gasteiger partial charge in [0.15, 0.2) is 17.3 Å². The number of rotatable bonds is 9. The summed E-state index contributed by atoms with van der Waals surface area (Å²) in [6.07, 6.45) is 1.42. The summed E-state index contributed by atoms with van der Waals surface area (Å²) in [5.74, 6) is 1.38. The quantitative estimate of drug-likeness (QED) is 0.351. The highest BCUT2D eigenvalue weighted by Gasteiger charge is 2.14. The van der Waals surface area contributed by atoms with E-state index in [1.165, 1.54) is 6.21 Å². The number of furan rings is 1. The van der Waals surface area contributed by atoms with E-state index in [2.05, 4.69) is 10.5 Å². The molecule has 0 saturated carbocycles. The average Bonchev–Trinajstić information content (AvgIpc) is 3.14. The van der Waals surface area contributed by atoms with Crippen LogP contribution in [0.4, 0.5) is 0 Å². The van der Waals surface area contributed by atoms with Gasteiger partial charge < -0.3 is 18.6 Å². The third-order valence-corrected chi connectivity index (χ3v) is 4.37. The Morgan fingerprint density at radius 1 is 1.16 bits per heavy atom. The zero-order chi connectivity index (χ0) is 22.4. The number of benzene rings is 2. The number of fused-ring (bicyclic) bond motifs is 1. The smallest absolute Gasteiger partial charge is 0.307 e. The highest BCUT2D eigenvalue weighted by molar-refractivity contribution is 6.32. The second-order valence-corrected chi connectivity index (χ2v) is 7.28. The maximum Gasteiger partial charge on any atom is 0.307 e. The fraction of sp³-hybridized carbons (Fsp3) is 0.304. The second-order valence-electron chi connectivity index (χ2n) is 6.87. The van der Waals surface area contributed by atoms with E-state index in [1.807, 2.05) is 33.8 Å². The van der Waals surface area contributed by atoms with Crippen molar-refractivity contribution in [2.75, 3.05) is 13.2 Å². The molecule has 0 atom stereocenters. The first-order valence-electron chi connectivity index (χ1n) is 10.0. The molecule has 0 radical (unpaired) electrons. The number of hydrogen-bond acceptors (Lipinski definition) is 6. The van der Waals surface area contributed by atoms with E-state index >= 15 is 0 Å². The van der Waals surface area contributed by atoms with Gasteiger partial charge in [0.1, 0.15) is 11.3 Å². The number of carbonyl (C=O) groups excluding carboxylic acids is 1. The minimum atomic E-state index is -0.471. The minimum Gasteiger partial charge on any atom is -0.494 e. The van der Waals surface area contributed by atoms with E-state index in [-0.39, 0.29) is 11.9 Å². The highest BCUT2D eigenvalue weighted by Crippen LogP contribution is 2.37. The summed E-state index contributed by atoms with van der Waals surface area (Å²) < 4.78 is 22.4. The number of nitrogens with one attached hydrogen (secondary N) is 1. The number of carbonyl (C=O) groups is 1. The molecule has 0 spiro atoms. The number of nitrogens with zero attached hydrogens (tertiary/aromatic N) is 1. The molecule has 0 aliphatic carbocycles. The van der Waals surface area contributed by atoms with E-state index in [0.717, 1.165) is 5.39 Å². The van der Waals surface area contributed by atoms with Crippen molar-refractivity contribution >= 4 is 34.7 Å². The molecule has 1 aromatic heterocycles. The molecule has 3 aromatic rings. The lowest BCUT2D eigenvalue weighted by Gasteiger charge is -2.16. The third kappa shape index (κ3) is 5.70. The van der Waals surface area contributed by atoms with Gasteiger partial charge in [-0.1, -0.05) is 11.6 Å². The number of hydrogen-bond donors (Lipinski definition) is 1. The van der Waals surface area contributed by atoms with Crippen molar-refractivity contribution < 1.29 is 23.4 Å². The Balaban J connectivity index is 1.73. The van der Waals surface area contributed by atoms with Gasteiger partial charge in [0.05, 0.1) is 30.6 Å². The van der Waals surface area contributed by atoms with Crippen LogP contribution in [0.15, 0.2) is 45.9 Å². The summed E-state index contributed by atoms with van der Waals surface area (Å²) in [5.41, 5.74) is 3.69. The Labute approximate surface area is 185 Å². The summed E-state index contributed by atoms with van der Waals surface area (Å²) in [7, 11) is 0. The van der Waals surface area contributed by atoms with E-state index in [9.17, 15) is 4.79 Å². The normalized spacial score (nSPS) is 11.3. The van der Waals surface area contributed by atoms with Gasteiger partial charge in [0, 0.05) is 5.39 Å². The van der Waals surface area contributed by atoms with Crippen LogP contribution in [0.3, 0.4) is 0 Å². The molecule has 31 heavy (non-hydrogen) atoms. The number of amides is 1. The van der Waals surface area contributed by atoms with Crippen LogP contribution in [0.25, 0.3) is 11.0 Å². The molecule has 1 N–H and O–H groups in total. The molecule has 3 rings (SSSR count). The monoisotopic (exact) mass is 444 g/mol. The first-order valence-corrected chi connectivity index (χ1v) is 10.4. The molecule has 0 unspecified atom stereocenters. The topological polar surface area (TPSA) is 82.3 Å². The van der Waals surface area contributed by atoms with Crippen LogP contribution in [0.5, 0.6) is 17.2 Å². The third-order valence-electron chi connectivity index (χ3n) is 4.09. The predicted molar refractivity (Wildman–Crippen MR) is 121 cm³/mol. The zero-order valence-corrected chi connectivity index (χ0v) is 18.7. The van der Waals surface area contributed by atoms with Crippen LogP contribution in [-0.2, 0) is 0 Å². The molecule has 2 aromatic carbocycles. The van der Waals surface area contributed by atoms with Crippen LogP contribution in [-0.4, -0.2) is 31.4 Å². The molecule has 0 aliphatic rings. The van der Waals surface area contributed by atoms with Crippen LogP contribution < -0.4 is 19.6 Å². The van der Waals surface area contributed by atoms with Crippen molar-refractivity contribution in [3.8, 4) is 17.2 Å². The molecule has 1 heterocycles. The van der Waals surface area contributed by atoms with Gasteiger partial charge in [-0.25, -0.2) is 5.43 Å². The van der Waals surface area contributed by atoms with E-state index in [0.29, 0.717) is 46.6 Å².